The van der Waals surface area contributed by atoms with Gasteiger partial charge < -0.3 is 20.1 Å². The first kappa shape index (κ1) is 17.3. The average molecular weight is 336 g/mol. The summed E-state index contributed by atoms with van der Waals surface area (Å²) in [6.07, 6.45) is 0.871. The van der Waals surface area contributed by atoms with Crippen LogP contribution in [0.4, 0.5) is 5.13 Å². The third-order valence-corrected chi connectivity index (χ3v) is 4.12. The highest BCUT2D eigenvalue weighted by Crippen LogP contribution is 2.18. The second-order valence-corrected chi connectivity index (χ2v) is 6.04. The van der Waals surface area contributed by atoms with Crippen molar-refractivity contribution < 1.29 is 4.52 Å². The van der Waals surface area contributed by atoms with Crippen LogP contribution in [0, 0.1) is 0 Å². The van der Waals surface area contributed by atoms with E-state index in [4.69, 9.17) is 4.52 Å². The van der Waals surface area contributed by atoms with E-state index in [9.17, 15) is 0 Å². The van der Waals surface area contributed by atoms with Gasteiger partial charge in [0.1, 0.15) is 0 Å². The quantitative estimate of drug-likeness (QED) is 0.595. The van der Waals surface area contributed by atoms with E-state index in [1.165, 1.54) is 0 Å². The average Bonchev–Trinajstić information content (AvgIpc) is 3.19. The molecule has 0 saturated heterocycles. The van der Waals surface area contributed by atoms with Crippen LogP contribution in [0.1, 0.15) is 31.0 Å². The summed E-state index contributed by atoms with van der Waals surface area (Å²) in [5, 5.41) is 13.5. The Balaban J connectivity index is 1.93. The molecular weight excluding hydrogens is 312 g/mol. The fraction of sp³-hybridized carbons (Fsp3) is 0.533. The third-order valence-electron chi connectivity index (χ3n) is 3.07. The molecule has 2 aromatic rings. The lowest BCUT2D eigenvalue weighted by Crippen LogP contribution is -2.36. The number of hydrogen-bond donors (Lipinski definition) is 2. The van der Waals surface area contributed by atoms with Gasteiger partial charge in [0.05, 0.1) is 24.5 Å². The van der Waals surface area contributed by atoms with Crippen LogP contribution in [-0.4, -0.2) is 36.7 Å². The van der Waals surface area contributed by atoms with Crippen LogP contribution in [0.5, 0.6) is 0 Å². The predicted octanol–water partition coefficient (Wildman–Crippen LogP) is 2.01. The Morgan fingerprint density at radius 1 is 1.30 bits per heavy atom. The molecule has 0 bridgehead atoms. The van der Waals surface area contributed by atoms with Crippen LogP contribution in [0.3, 0.4) is 0 Å². The van der Waals surface area contributed by atoms with Gasteiger partial charge in [-0.15, -0.1) is 11.3 Å². The highest BCUT2D eigenvalue weighted by atomic mass is 32.1. The van der Waals surface area contributed by atoms with Crippen molar-refractivity contribution in [1.82, 2.24) is 20.8 Å². The first-order valence-electron chi connectivity index (χ1n) is 7.70. The lowest BCUT2D eigenvalue weighted by Gasteiger charge is -2.09. The molecule has 0 spiro atoms. The number of rotatable bonds is 7. The molecule has 0 unspecified atom stereocenters. The summed E-state index contributed by atoms with van der Waals surface area (Å²) < 4.78 is 5.27. The summed E-state index contributed by atoms with van der Waals surface area (Å²) in [5.41, 5.74) is 1.92. The predicted molar refractivity (Wildman–Crippen MR) is 94.0 cm³/mol. The Morgan fingerprint density at radius 2 is 2.13 bits per heavy atom. The second kappa shape index (κ2) is 8.52. The summed E-state index contributed by atoms with van der Waals surface area (Å²) in [7, 11) is 3.97. The topological polar surface area (TPSA) is 78.6 Å². The van der Waals surface area contributed by atoms with Crippen molar-refractivity contribution >= 4 is 22.4 Å². The van der Waals surface area contributed by atoms with E-state index in [1.807, 2.05) is 37.4 Å². The summed E-state index contributed by atoms with van der Waals surface area (Å²) in [6, 6.07) is 1.96. The van der Waals surface area contributed by atoms with E-state index < -0.39 is 0 Å². The summed E-state index contributed by atoms with van der Waals surface area (Å²) in [5.74, 6) is 1.54. The Bertz CT molecular complexity index is 633. The van der Waals surface area contributed by atoms with Crippen LogP contribution in [0.2, 0.25) is 0 Å². The molecule has 0 saturated carbocycles. The zero-order chi connectivity index (χ0) is 16.7. The normalized spacial score (nSPS) is 11.6. The van der Waals surface area contributed by atoms with Crippen molar-refractivity contribution in [1.29, 1.82) is 0 Å². The molecule has 0 aliphatic rings. The number of hydrogen-bond acceptors (Lipinski definition) is 6. The van der Waals surface area contributed by atoms with Crippen molar-refractivity contribution in [3.05, 3.63) is 28.6 Å². The zero-order valence-corrected chi connectivity index (χ0v) is 14.9. The first-order chi connectivity index (χ1) is 11.1. The van der Waals surface area contributed by atoms with Gasteiger partial charge in [-0.25, -0.2) is 9.98 Å². The van der Waals surface area contributed by atoms with Gasteiger partial charge in [-0.05, 0) is 13.3 Å². The first-order valence-corrected chi connectivity index (χ1v) is 8.58. The van der Waals surface area contributed by atoms with Gasteiger partial charge in [0.15, 0.2) is 16.9 Å². The Kier molecular flexibility index (Phi) is 6.40. The maximum atomic E-state index is 5.27. The molecule has 126 valence electrons. The maximum absolute atomic E-state index is 5.27. The number of aryl methyl sites for hydroxylation is 1. The van der Waals surface area contributed by atoms with Crippen molar-refractivity contribution in [2.75, 3.05) is 25.5 Å². The summed E-state index contributed by atoms with van der Waals surface area (Å²) >= 11 is 1.62. The van der Waals surface area contributed by atoms with Gasteiger partial charge in [0, 0.05) is 32.1 Å². The van der Waals surface area contributed by atoms with Gasteiger partial charge in [-0.2, -0.15) is 0 Å². The molecule has 2 N–H and O–H groups in total. The fourth-order valence-corrected chi connectivity index (χ4v) is 2.60. The highest BCUT2D eigenvalue weighted by Gasteiger charge is 2.06. The highest BCUT2D eigenvalue weighted by molar-refractivity contribution is 7.13. The fourth-order valence-electron chi connectivity index (χ4n) is 1.85. The maximum Gasteiger partial charge on any atom is 0.192 e. The second-order valence-electron chi connectivity index (χ2n) is 5.20. The van der Waals surface area contributed by atoms with Gasteiger partial charge in [0.25, 0.3) is 0 Å². The third kappa shape index (κ3) is 5.24. The van der Waals surface area contributed by atoms with Crippen molar-refractivity contribution in [3.8, 4) is 0 Å². The van der Waals surface area contributed by atoms with Crippen LogP contribution in [-0.2, 0) is 19.5 Å². The van der Waals surface area contributed by atoms with Gasteiger partial charge in [-0.3, -0.25) is 0 Å². The lowest BCUT2D eigenvalue weighted by atomic mass is 10.3. The summed E-state index contributed by atoms with van der Waals surface area (Å²) in [4.78, 5) is 11.1. The van der Waals surface area contributed by atoms with E-state index in [-0.39, 0.29) is 0 Å². The molecule has 0 radical (unpaired) electrons. The largest absolute Gasteiger partial charge is 0.359 e. The van der Waals surface area contributed by atoms with E-state index in [0.717, 1.165) is 41.2 Å². The Labute approximate surface area is 140 Å². The molecule has 0 atom stereocenters. The van der Waals surface area contributed by atoms with Gasteiger partial charge in [0.2, 0.25) is 0 Å². The molecular formula is C15H24N6OS. The Hall–Kier alpha value is -2.09. The number of aromatic nitrogens is 2. The molecule has 7 nitrogen and oxygen atoms in total. The minimum Gasteiger partial charge on any atom is -0.359 e. The van der Waals surface area contributed by atoms with Gasteiger partial charge in [-0.1, -0.05) is 12.1 Å². The van der Waals surface area contributed by atoms with Crippen LogP contribution < -0.4 is 15.5 Å². The van der Waals surface area contributed by atoms with Crippen LogP contribution in [0.15, 0.2) is 21.0 Å². The van der Waals surface area contributed by atoms with Crippen molar-refractivity contribution in [2.45, 2.75) is 33.4 Å². The number of thiazole rings is 1. The molecule has 8 heteroatoms. The van der Waals surface area contributed by atoms with Crippen LogP contribution >= 0.6 is 11.3 Å². The molecule has 2 aromatic heterocycles. The van der Waals surface area contributed by atoms with Crippen molar-refractivity contribution in [2.24, 2.45) is 4.99 Å². The van der Waals surface area contributed by atoms with Crippen molar-refractivity contribution in [3.63, 3.8) is 0 Å². The lowest BCUT2D eigenvalue weighted by molar-refractivity contribution is 0.374. The molecule has 0 fully saturated rings. The molecule has 0 aliphatic heterocycles. The number of aliphatic imine (C=N–C) groups is 1. The van der Waals surface area contributed by atoms with E-state index in [0.29, 0.717) is 13.1 Å². The smallest absolute Gasteiger partial charge is 0.192 e. The van der Waals surface area contributed by atoms with Crippen LogP contribution in [0.25, 0.3) is 0 Å². The molecule has 0 aromatic carbocycles. The number of nitrogens with one attached hydrogen (secondary N) is 2. The molecule has 0 amide bonds. The van der Waals surface area contributed by atoms with E-state index >= 15 is 0 Å². The van der Waals surface area contributed by atoms with E-state index in [1.54, 1.807) is 11.3 Å². The monoisotopic (exact) mass is 336 g/mol. The molecule has 23 heavy (non-hydrogen) atoms. The number of anilines is 1. The number of nitrogens with zero attached hydrogens (tertiary/aromatic N) is 4. The minimum atomic E-state index is 0.538. The Morgan fingerprint density at radius 3 is 2.74 bits per heavy atom. The summed E-state index contributed by atoms with van der Waals surface area (Å²) in [6.45, 7) is 5.97. The minimum absolute atomic E-state index is 0.538. The standard InChI is InChI=1S/C15H24N6OS/c1-5-11-7-13(22-20-11)9-18-14(16-6-2)17-8-12-10-23-15(19-12)21(3)4/h7,10H,5-6,8-9H2,1-4H3,(H2,16,17,18). The molecule has 2 heterocycles. The molecule has 2 rings (SSSR count). The molecule has 0 aliphatic carbocycles. The SMILES string of the molecule is CCNC(=NCc1csc(N(C)C)n1)NCc1cc(CC)no1. The zero-order valence-electron chi connectivity index (χ0n) is 14.1. The van der Waals surface area contributed by atoms with E-state index in [2.05, 4.69) is 32.7 Å². The van der Waals surface area contributed by atoms with Gasteiger partial charge >= 0.3 is 0 Å². The number of guanidine groups is 1.